The van der Waals surface area contributed by atoms with Crippen LogP contribution in [0.4, 0.5) is 23.7 Å². The quantitative estimate of drug-likeness (QED) is 0.656. The molecule has 34 heavy (non-hydrogen) atoms. The van der Waals surface area contributed by atoms with E-state index in [1.807, 2.05) is 0 Å². The number of carbonyl (C=O) groups is 1. The third-order valence-corrected chi connectivity index (χ3v) is 5.44. The van der Waals surface area contributed by atoms with Gasteiger partial charge < -0.3 is 24.0 Å². The predicted molar refractivity (Wildman–Crippen MR) is 115 cm³/mol. The first kappa shape index (κ1) is 23.8. The van der Waals surface area contributed by atoms with Crippen molar-refractivity contribution in [1.82, 2.24) is 19.9 Å². The second kappa shape index (κ2) is 8.80. The molecule has 0 unspecified atom stereocenters. The van der Waals surface area contributed by atoms with E-state index in [4.69, 9.17) is 14.2 Å². The van der Waals surface area contributed by atoms with Crippen LogP contribution in [0.5, 0.6) is 11.8 Å². The summed E-state index contributed by atoms with van der Waals surface area (Å²) in [5.74, 6) is -0.110. The van der Waals surface area contributed by atoms with Crippen molar-refractivity contribution in [1.29, 1.82) is 0 Å². The van der Waals surface area contributed by atoms with Gasteiger partial charge in [0.2, 0.25) is 11.8 Å². The van der Waals surface area contributed by atoms with Gasteiger partial charge in [-0.3, -0.25) is 0 Å². The van der Waals surface area contributed by atoms with E-state index < -0.39 is 29.3 Å². The molecule has 0 saturated carbocycles. The smallest absolute Gasteiger partial charge is 0.421 e. The summed E-state index contributed by atoms with van der Waals surface area (Å²) < 4.78 is 56.5. The Bertz CT molecular complexity index is 1070. The normalized spacial score (nSPS) is 16.6. The van der Waals surface area contributed by atoms with Crippen LogP contribution in [0.3, 0.4) is 0 Å². The molecular formula is C22H26F3N5O4. The van der Waals surface area contributed by atoms with Crippen molar-refractivity contribution in [3.63, 3.8) is 0 Å². The number of carbonyl (C=O) groups excluding carboxylic acids is 1. The second-order valence-electron chi connectivity index (χ2n) is 9.15. The minimum Gasteiger partial charge on any atom is -0.481 e. The number of likely N-dealkylation sites (tertiary alicyclic amines) is 1. The van der Waals surface area contributed by atoms with Crippen LogP contribution in [0, 0.1) is 0 Å². The molecule has 0 spiro atoms. The fourth-order valence-electron chi connectivity index (χ4n) is 3.76. The van der Waals surface area contributed by atoms with E-state index in [1.54, 1.807) is 25.7 Å². The molecule has 0 aromatic carbocycles. The summed E-state index contributed by atoms with van der Waals surface area (Å²) in [6.45, 7) is 6.84. The average molecular weight is 481 g/mol. The van der Waals surface area contributed by atoms with Gasteiger partial charge in [-0.1, -0.05) is 0 Å². The average Bonchev–Trinajstić information content (AvgIpc) is 2.73. The van der Waals surface area contributed by atoms with Crippen LogP contribution >= 0.6 is 0 Å². The molecule has 0 aliphatic carbocycles. The predicted octanol–water partition coefficient (Wildman–Crippen LogP) is 3.46. The lowest BCUT2D eigenvalue weighted by molar-refractivity contribution is -0.139. The Morgan fingerprint density at radius 2 is 1.85 bits per heavy atom. The van der Waals surface area contributed by atoms with E-state index >= 15 is 0 Å². The van der Waals surface area contributed by atoms with Crippen molar-refractivity contribution in [3.05, 3.63) is 35.4 Å². The molecule has 12 heteroatoms. The van der Waals surface area contributed by atoms with Crippen LogP contribution in [0.2, 0.25) is 0 Å². The van der Waals surface area contributed by atoms with Gasteiger partial charge in [0.1, 0.15) is 23.6 Å². The Labute approximate surface area is 194 Å². The van der Waals surface area contributed by atoms with E-state index in [0.717, 1.165) is 18.9 Å². The number of methoxy groups -OCH3 is 1. The monoisotopic (exact) mass is 481 g/mol. The van der Waals surface area contributed by atoms with Gasteiger partial charge in [0.05, 0.1) is 49.9 Å². The van der Waals surface area contributed by atoms with Gasteiger partial charge in [-0.25, -0.2) is 19.7 Å². The van der Waals surface area contributed by atoms with Gasteiger partial charge in [0.25, 0.3) is 0 Å². The van der Waals surface area contributed by atoms with Crippen molar-refractivity contribution in [2.45, 2.75) is 51.6 Å². The van der Waals surface area contributed by atoms with Crippen LogP contribution in [-0.2, 0) is 23.9 Å². The molecular weight excluding hydrogens is 455 g/mol. The van der Waals surface area contributed by atoms with Crippen molar-refractivity contribution in [2.24, 2.45) is 0 Å². The van der Waals surface area contributed by atoms with Crippen molar-refractivity contribution in [3.8, 4) is 11.8 Å². The third kappa shape index (κ3) is 5.10. The Kier molecular flexibility index (Phi) is 6.17. The molecule has 0 radical (unpaired) electrons. The SMILES string of the molecule is COc1ncc(N2CCc3ncnc(OC4CN(C(=O)OC(C)(C)C)C4)c3C2)cc1C(F)(F)F. The van der Waals surface area contributed by atoms with Gasteiger partial charge in [0, 0.05) is 13.0 Å². The highest BCUT2D eigenvalue weighted by Gasteiger charge is 2.38. The zero-order chi connectivity index (χ0) is 24.7. The van der Waals surface area contributed by atoms with Crippen molar-refractivity contribution in [2.75, 3.05) is 31.6 Å². The number of ether oxygens (including phenoxy) is 3. The van der Waals surface area contributed by atoms with Crippen molar-refractivity contribution < 1.29 is 32.2 Å². The third-order valence-electron chi connectivity index (χ3n) is 5.44. The van der Waals surface area contributed by atoms with E-state index in [0.29, 0.717) is 43.2 Å². The highest BCUT2D eigenvalue weighted by Crippen LogP contribution is 2.38. The second-order valence-corrected chi connectivity index (χ2v) is 9.15. The summed E-state index contributed by atoms with van der Waals surface area (Å²) in [6, 6.07) is 1.03. The molecule has 4 rings (SSSR count). The Balaban J connectivity index is 1.47. The molecule has 2 aliphatic heterocycles. The number of fused-ring (bicyclic) bond motifs is 1. The Morgan fingerprint density at radius 1 is 1.12 bits per heavy atom. The molecule has 184 valence electrons. The molecule has 1 saturated heterocycles. The molecule has 0 atom stereocenters. The zero-order valence-electron chi connectivity index (χ0n) is 19.3. The summed E-state index contributed by atoms with van der Waals surface area (Å²) in [6.07, 6.45) is -1.99. The maximum Gasteiger partial charge on any atom is 0.421 e. The number of amides is 1. The van der Waals surface area contributed by atoms with Gasteiger partial charge in [-0.2, -0.15) is 13.2 Å². The summed E-state index contributed by atoms with van der Waals surface area (Å²) in [5.41, 5.74) is 0.278. The number of hydrogen-bond donors (Lipinski definition) is 0. The molecule has 0 N–H and O–H groups in total. The highest BCUT2D eigenvalue weighted by molar-refractivity contribution is 5.69. The number of pyridine rings is 1. The van der Waals surface area contributed by atoms with Crippen LogP contribution in [-0.4, -0.2) is 64.4 Å². The molecule has 4 heterocycles. The summed E-state index contributed by atoms with van der Waals surface area (Å²) in [7, 11) is 1.15. The summed E-state index contributed by atoms with van der Waals surface area (Å²) in [5, 5.41) is 0. The molecule has 0 bridgehead atoms. The van der Waals surface area contributed by atoms with E-state index in [-0.39, 0.29) is 12.6 Å². The van der Waals surface area contributed by atoms with Crippen LogP contribution in [0.25, 0.3) is 0 Å². The number of alkyl halides is 3. The Morgan fingerprint density at radius 3 is 2.50 bits per heavy atom. The molecule has 1 fully saturated rings. The topological polar surface area (TPSA) is 89.9 Å². The standard InChI is InChI=1S/C22H26F3N5O4/c1-21(2,3)34-20(31)30-9-14(10-30)33-18-15-11-29(6-5-17(15)27-12-28-18)13-7-16(22(23,24)25)19(32-4)26-8-13/h7-8,12,14H,5-6,9-11H2,1-4H3. The number of anilines is 1. The zero-order valence-corrected chi connectivity index (χ0v) is 19.3. The molecule has 2 aliphatic rings. The van der Waals surface area contributed by atoms with Gasteiger partial charge in [-0.15, -0.1) is 0 Å². The number of halogens is 3. The van der Waals surface area contributed by atoms with Crippen LogP contribution < -0.4 is 14.4 Å². The first-order chi connectivity index (χ1) is 15.9. The van der Waals surface area contributed by atoms with Gasteiger partial charge in [0.15, 0.2) is 0 Å². The molecule has 2 aromatic rings. The fraction of sp³-hybridized carbons (Fsp3) is 0.545. The highest BCUT2D eigenvalue weighted by atomic mass is 19.4. The summed E-state index contributed by atoms with van der Waals surface area (Å²) in [4.78, 5) is 27.8. The van der Waals surface area contributed by atoms with Crippen LogP contribution in [0.15, 0.2) is 18.6 Å². The van der Waals surface area contributed by atoms with E-state index in [2.05, 4.69) is 15.0 Å². The Hall–Kier alpha value is -3.31. The largest absolute Gasteiger partial charge is 0.481 e. The first-order valence-corrected chi connectivity index (χ1v) is 10.8. The fourth-order valence-corrected chi connectivity index (χ4v) is 3.76. The maximum absolute atomic E-state index is 13.4. The summed E-state index contributed by atoms with van der Waals surface area (Å²) >= 11 is 0. The van der Waals surface area contributed by atoms with Gasteiger partial charge in [-0.05, 0) is 26.8 Å². The first-order valence-electron chi connectivity index (χ1n) is 10.8. The lowest BCUT2D eigenvalue weighted by Gasteiger charge is -2.39. The lowest BCUT2D eigenvalue weighted by Crippen LogP contribution is -2.57. The van der Waals surface area contributed by atoms with E-state index in [9.17, 15) is 18.0 Å². The number of rotatable bonds is 4. The van der Waals surface area contributed by atoms with Crippen LogP contribution in [0.1, 0.15) is 37.6 Å². The molecule has 1 amide bonds. The molecule has 9 nitrogen and oxygen atoms in total. The number of nitrogens with zero attached hydrogens (tertiary/aromatic N) is 5. The minimum atomic E-state index is -4.59. The lowest BCUT2D eigenvalue weighted by atomic mass is 10.1. The van der Waals surface area contributed by atoms with Crippen molar-refractivity contribution >= 4 is 11.8 Å². The number of aromatic nitrogens is 3. The minimum absolute atomic E-state index is 0.263. The maximum atomic E-state index is 13.4. The molecule has 2 aromatic heterocycles. The van der Waals surface area contributed by atoms with E-state index in [1.165, 1.54) is 17.4 Å². The van der Waals surface area contributed by atoms with Gasteiger partial charge >= 0.3 is 12.3 Å². The number of hydrogen-bond acceptors (Lipinski definition) is 8.